The molecule has 0 saturated heterocycles. The molecule has 180 valence electrons. The highest BCUT2D eigenvalue weighted by atomic mass is 32.2. The van der Waals surface area contributed by atoms with Gasteiger partial charge >= 0.3 is 5.97 Å². The van der Waals surface area contributed by atoms with Crippen molar-refractivity contribution in [1.29, 1.82) is 0 Å². The number of phenolic OH excluding ortho intramolecular Hbond substituents is 1. The quantitative estimate of drug-likeness (QED) is 0.252. The van der Waals surface area contributed by atoms with Crippen LogP contribution in [0.2, 0.25) is 0 Å². The van der Waals surface area contributed by atoms with E-state index in [2.05, 4.69) is 9.44 Å². The summed E-state index contributed by atoms with van der Waals surface area (Å²) in [7, 11) is -7.71. The predicted octanol–water partition coefficient (Wildman–Crippen LogP) is 3.94. The first-order valence-corrected chi connectivity index (χ1v) is 13.5. The number of carbonyl (C=O) groups excluding carboxylic acids is 1. The van der Waals surface area contributed by atoms with Crippen molar-refractivity contribution in [3.05, 3.63) is 90.5 Å². The molecule has 35 heavy (non-hydrogen) atoms. The third-order valence-corrected chi connectivity index (χ3v) is 6.87. The second kappa shape index (κ2) is 9.28. The van der Waals surface area contributed by atoms with E-state index in [0.29, 0.717) is 11.1 Å². The Labute approximate surface area is 202 Å². The Bertz CT molecular complexity index is 1640. The molecule has 0 spiro atoms. The lowest BCUT2D eigenvalue weighted by molar-refractivity contribution is 0.0732. The fourth-order valence-corrected chi connectivity index (χ4v) is 5.07. The molecule has 0 aromatic heterocycles. The molecular formula is C24H20N2O7S2. The van der Waals surface area contributed by atoms with Gasteiger partial charge in [-0.05, 0) is 42.5 Å². The van der Waals surface area contributed by atoms with Gasteiger partial charge in [-0.15, -0.1) is 0 Å². The van der Waals surface area contributed by atoms with E-state index in [1.165, 1.54) is 48.5 Å². The van der Waals surface area contributed by atoms with Crippen LogP contribution in [0.4, 0.5) is 11.4 Å². The van der Waals surface area contributed by atoms with Gasteiger partial charge in [0.25, 0.3) is 10.0 Å². The summed E-state index contributed by atoms with van der Waals surface area (Å²) >= 11 is 0. The lowest BCUT2D eigenvalue weighted by Crippen LogP contribution is -2.15. The van der Waals surface area contributed by atoms with Crippen molar-refractivity contribution in [3.8, 4) is 11.5 Å². The molecule has 0 aliphatic rings. The van der Waals surface area contributed by atoms with Crippen LogP contribution in [-0.2, 0) is 20.0 Å². The average molecular weight is 513 g/mol. The zero-order valence-corrected chi connectivity index (χ0v) is 19.9. The van der Waals surface area contributed by atoms with Crippen molar-refractivity contribution in [1.82, 2.24) is 0 Å². The molecule has 0 unspecified atom stereocenters. The molecule has 4 aromatic carbocycles. The first kappa shape index (κ1) is 24.0. The number of carbonyl (C=O) groups is 1. The first-order chi connectivity index (χ1) is 16.5. The van der Waals surface area contributed by atoms with Gasteiger partial charge in [-0.3, -0.25) is 9.44 Å². The molecule has 0 aliphatic heterocycles. The van der Waals surface area contributed by atoms with Gasteiger partial charge in [0.2, 0.25) is 10.0 Å². The highest BCUT2D eigenvalue weighted by Gasteiger charge is 2.20. The largest absolute Gasteiger partial charge is 0.506 e. The molecule has 0 bridgehead atoms. The summed E-state index contributed by atoms with van der Waals surface area (Å²) in [6.07, 6.45) is 0.957. The van der Waals surface area contributed by atoms with E-state index in [9.17, 15) is 26.7 Å². The van der Waals surface area contributed by atoms with E-state index < -0.39 is 26.0 Å². The lowest BCUT2D eigenvalue weighted by atomic mass is 10.0. The number of nitrogens with one attached hydrogen (secondary N) is 2. The number of anilines is 2. The van der Waals surface area contributed by atoms with Crippen molar-refractivity contribution < 1.29 is 31.5 Å². The van der Waals surface area contributed by atoms with Crippen LogP contribution >= 0.6 is 0 Å². The van der Waals surface area contributed by atoms with E-state index in [4.69, 9.17) is 4.74 Å². The predicted molar refractivity (Wildman–Crippen MR) is 133 cm³/mol. The standard InChI is InChI=1S/C24H20N2O7S2/c1-34(29,30)25-16-7-5-10-18(15-16)35(31,32)26-22-12-6-11-20-19(22)13-14-21(23(20)27)24(28)33-17-8-3-2-4-9-17/h2-15,25-27H,1H3. The third kappa shape index (κ3) is 5.53. The van der Waals surface area contributed by atoms with Gasteiger partial charge in [0.15, 0.2) is 0 Å². The minimum atomic E-state index is -4.12. The van der Waals surface area contributed by atoms with Gasteiger partial charge in [0.1, 0.15) is 17.1 Å². The van der Waals surface area contributed by atoms with Gasteiger partial charge in [-0.2, -0.15) is 0 Å². The molecule has 0 radical (unpaired) electrons. The molecule has 0 fully saturated rings. The molecule has 4 aromatic rings. The second-order valence-corrected chi connectivity index (χ2v) is 11.0. The van der Waals surface area contributed by atoms with Crippen LogP contribution in [0.3, 0.4) is 0 Å². The number of phenols is 1. The first-order valence-electron chi connectivity index (χ1n) is 10.2. The number of hydrogen-bond donors (Lipinski definition) is 3. The Morgan fingerprint density at radius 3 is 2.23 bits per heavy atom. The zero-order valence-electron chi connectivity index (χ0n) is 18.3. The van der Waals surface area contributed by atoms with Crippen LogP contribution in [0.15, 0.2) is 89.8 Å². The number of hydrogen-bond acceptors (Lipinski definition) is 7. The Morgan fingerprint density at radius 2 is 1.51 bits per heavy atom. The summed E-state index contributed by atoms with van der Waals surface area (Å²) < 4.78 is 58.9. The van der Waals surface area contributed by atoms with Crippen LogP contribution in [0.25, 0.3) is 10.8 Å². The molecular weight excluding hydrogens is 492 g/mol. The van der Waals surface area contributed by atoms with Crippen LogP contribution in [-0.4, -0.2) is 34.2 Å². The van der Waals surface area contributed by atoms with Gasteiger partial charge in [0.05, 0.1) is 16.8 Å². The van der Waals surface area contributed by atoms with Crippen molar-refractivity contribution >= 4 is 48.2 Å². The summed E-state index contributed by atoms with van der Waals surface area (Å²) in [4.78, 5) is 12.4. The highest BCUT2D eigenvalue weighted by molar-refractivity contribution is 7.93. The number of esters is 1. The van der Waals surface area contributed by atoms with Gasteiger partial charge in [-0.25, -0.2) is 21.6 Å². The summed E-state index contributed by atoms with van der Waals surface area (Å²) in [6, 6.07) is 21.1. The fourth-order valence-electron chi connectivity index (χ4n) is 3.39. The van der Waals surface area contributed by atoms with Crippen molar-refractivity contribution in [2.45, 2.75) is 4.90 Å². The summed E-state index contributed by atoms with van der Waals surface area (Å²) in [5.74, 6) is -0.813. The molecule has 11 heteroatoms. The van der Waals surface area contributed by atoms with Crippen LogP contribution in [0.1, 0.15) is 10.4 Å². The van der Waals surface area contributed by atoms with Crippen LogP contribution in [0, 0.1) is 0 Å². The summed E-state index contributed by atoms with van der Waals surface area (Å²) in [6.45, 7) is 0. The number of aromatic hydroxyl groups is 1. The maximum Gasteiger partial charge on any atom is 0.347 e. The van der Waals surface area contributed by atoms with E-state index in [1.54, 1.807) is 36.4 Å². The van der Waals surface area contributed by atoms with E-state index >= 15 is 0 Å². The fraction of sp³-hybridized carbons (Fsp3) is 0.0417. The van der Waals surface area contributed by atoms with Gasteiger partial charge in [-0.1, -0.05) is 42.5 Å². The SMILES string of the molecule is CS(=O)(=O)Nc1cccc(S(=O)(=O)Nc2cccc3c(O)c(C(=O)Oc4ccccc4)ccc23)c1. The smallest absolute Gasteiger partial charge is 0.347 e. The zero-order chi connectivity index (χ0) is 25.2. The number of rotatable bonds is 7. The number of benzene rings is 4. The van der Waals surface area contributed by atoms with Crippen LogP contribution in [0.5, 0.6) is 11.5 Å². The average Bonchev–Trinajstić information content (AvgIpc) is 2.79. The Balaban J connectivity index is 1.66. The monoisotopic (exact) mass is 512 g/mol. The maximum atomic E-state index is 13.0. The molecule has 0 heterocycles. The third-order valence-electron chi connectivity index (χ3n) is 4.90. The lowest BCUT2D eigenvalue weighted by Gasteiger charge is -2.14. The summed E-state index contributed by atoms with van der Waals surface area (Å²) in [5.41, 5.74) is 0.163. The Kier molecular flexibility index (Phi) is 6.37. The molecule has 0 aliphatic carbocycles. The molecule has 9 nitrogen and oxygen atoms in total. The van der Waals surface area contributed by atoms with Gasteiger partial charge in [0, 0.05) is 16.5 Å². The number of fused-ring (bicyclic) bond motifs is 1. The Hall–Kier alpha value is -4.09. The molecule has 4 rings (SSSR count). The maximum absolute atomic E-state index is 13.0. The second-order valence-electron chi connectivity index (χ2n) is 7.57. The van der Waals surface area contributed by atoms with E-state index in [1.807, 2.05) is 0 Å². The molecule has 0 saturated carbocycles. The van der Waals surface area contributed by atoms with Crippen LogP contribution < -0.4 is 14.2 Å². The molecule has 3 N–H and O–H groups in total. The highest BCUT2D eigenvalue weighted by Crippen LogP contribution is 2.34. The topological polar surface area (TPSA) is 139 Å². The van der Waals surface area contributed by atoms with Crippen molar-refractivity contribution in [3.63, 3.8) is 0 Å². The number of para-hydroxylation sites is 1. The Morgan fingerprint density at radius 1 is 0.800 bits per heavy atom. The molecule has 0 atom stereocenters. The minimum Gasteiger partial charge on any atom is -0.506 e. The molecule has 0 amide bonds. The van der Waals surface area contributed by atoms with E-state index in [-0.39, 0.29) is 33.0 Å². The minimum absolute atomic E-state index is 0.0825. The van der Waals surface area contributed by atoms with E-state index in [0.717, 1.165) is 6.26 Å². The van der Waals surface area contributed by atoms with Crippen molar-refractivity contribution in [2.24, 2.45) is 0 Å². The van der Waals surface area contributed by atoms with Gasteiger partial charge < -0.3 is 9.84 Å². The number of ether oxygens (including phenoxy) is 1. The normalized spacial score (nSPS) is 11.7. The number of sulfonamides is 2. The van der Waals surface area contributed by atoms with Crippen molar-refractivity contribution in [2.75, 3.05) is 15.7 Å². The summed E-state index contributed by atoms with van der Waals surface area (Å²) in [5, 5.41) is 11.3.